The van der Waals surface area contributed by atoms with E-state index in [2.05, 4.69) is 37.2 Å². The Morgan fingerprint density at radius 3 is 2.56 bits per heavy atom. The van der Waals surface area contributed by atoms with E-state index in [-0.39, 0.29) is 12.2 Å². The lowest BCUT2D eigenvalue weighted by atomic mass is 9.83. The number of carbonyl (C=O) groups is 1. The van der Waals surface area contributed by atoms with Gasteiger partial charge >= 0.3 is 0 Å². The van der Waals surface area contributed by atoms with E-state index in [9.17, 15) is 4.79 Å². The molecule has 1 aliphatic heterocycles. The number of nitrogens with one attached hydrogen (secondary N) is 1. The Kier molecular flexibility index (Phi) is 4.27. The first-order chi connectivity index (χ1) is 8.53. The van der Waals surface area contributed by atoms with Gasteiger partial charge in [0.25, 0.3) is 0 Å². The lowest BCUT2D eigenvalue weighted by Crippen LogP contribution is -2.51. The van der Waals surface area contributed by atoms with Gasteiger partial charge in [-0.15, -0.1) is 0 Å². The zero-order valence-corrected chi connectivity index (χ0v) is 12.8. The standard InChI is InChI=1S/C14H26N2OS/c1-5-11-13(17)16(12(15-11)10(2)3)9-14(18-4)7-6-8-14/h10-12,15H,5-9H2,1-4H3. The van der Waals surface area contributed by atoms with E-state index in [1.54, 1.807) is 0 Å². The summed E-state index contributed by atoms with van der Waals surface area (Å²) in [6.07, 6.45) is 7.16. The SMILES string of the molecule is CCC1NC(C(C)C)N(CC2(SC)CCC2)C1=O. The highest BCUT2D eigenvalue weighted by molar-refractivity contribution is 8.00. The van der Waals surface area contributed by atoms with Crippen LogP contribution in [0.15, 0.2) is 0 Å². The van der Waals surface area contributed by atoms with E-state index in [1.807, 2.05) is 11.8 Å². The molecule has 1 amide bonds. The van der Waals surface area contributed by atoms with Crippen molar-refractivity contribution in [3.8, 4) is 0 Å². The molecule has 104 valence electrons. The topological polar surface area (TPSA) is 32.3 Å². The predicted octanol–water partition coefficient (Wildman–Crippen LogP) is 2.46. The summed E-state index contributed by atoms with van der Waals surface area (Å²) < 4.78 is 0.340. The first-order valence-corrected chi connectivity index (χ1v) is 8.37. The third-order valence-corrected chi connectivity index (χ3v) is 5.89. The Bertz CT molecular complexity index is 309. The normalized spacial score (nSPS) is 30.9. The van der Waals surface area contributed by atoms with Gasteiger partial charge in [-0.05, 0) is 31.4 Å². The lowest BCUT2D eigenvalue weighted by Gasteiger charge is -2.44. The molecule has 2 rings (SSSR count). The van der Waals surface area contributed by atoms with Crippen LogP contribution in [0.3, 0.4) is 0 Å². The fourth-order valence-electron chi connectivity index (χ4n) is 3.03. The Morgan fingerprint density at radius 2 is 2.17 bits per heavy atom. The summed E-state index contributed by atoms with van der Waals surface area (Å²) in [5, 5.41) is 3.50. The molecule has 2 fully saturated rings. The molecule has 1 aliphatic carbocycles. The summed E-state index contributed by atoms with van der Waals surface area (Å²) in [5.41, 5.74) is 0. The zero-order valence-electron chi connectivity index (χ0n) is 12.0. The molecule has 0 aromatic carbocycles. The maximum atomic E-state index is 12.4. The molecule has 0 bridgehead atoms. The molecule has 0 aromatic rings. The van der Waals surface area contributed by atoms with Crippen LogP contribution in [-0.2, 0) is 4.79 Å². The monoisotopic (exact) mass is 270 g/mol. The van der Waals surface area contributed by atoms with Crippen molar-refractivity contribution in [3.63, 3.8) is 0 Å². The van der Waals surface area contributed by atoms with Crippen LogP contribution < -0.4 is 5.32 Å². The van der Waals surface area contributed by atoms with Gasteiger partial charge in [0.05, 0.1) is 12.2 Å². The molecule has 2 atom stereocenters. The molecule has 1 N–H and O–H groups in total. The summed E-state index contributed by atoms with van der Waals surface area (Å²) >= 11 is 1.95. The van der Waals surface area contributed by atoms with Gasteiger partial charge in [-0.3, -0.25) is 10.1 Å². The van der Waals surface area contributed by atoms with Gasteiger partial charge in [-0.25, -0.2) is 0 Å². The van der Waals surface area contributed by atoms with Crippen molar-refractivity contribution in [2.45, 2.75) is 63.4 Å². The number of nitrogens with zero attached hydrogens (tertiary/aromatic N) is 1. The van der Waals surface area contributed by atoms with E-state index in [0.717, 1.165) is 13.0 Å². The smallest absolute Gasteiger partial charge is 0.241 e. The van der Waals surface area contributed by atoms with E-state index < -0.39 is 0 Å². The Hall–Kier alpha value is -0.220. The predicted molar refractivity (Wildman–Crippen MR) is 77.7 cm³/mol. The van der Waals surface area contributed by atoms with Crippen LogP contribution >= 0.6 is 11.8 Å². The van der Waals surface area contributed by atoms with Crippen molar-refractivity contribution in [3.05, 3.63) is 0 Å². The second-order valence-corrected chi connectivity index (χ2v) is 7.30. The summed E-state index contributed by atoms with van der Waals surface area (Å²) in [6, 6.07) is 0.0383. The molecule has 0 spiro atoms. The van der Waals surface area contributed by atoms with Crippen LogP contribution in [0.5, 0.6) is 0 Å². The number of hydrogen-bond acceptors (Lipinski definition) is 3. The molecule has 18 heavy (non-hydrogen) atoms. The summed E-state index contributed by atoms with van der Waals surface area (Å²) in [6.45, 7) is 7.41. The molecular formula is C14H26N2OS. The van der Waals surface area contributed by atoms with Gasteiger partial charge in [0.1, 0.15) is 0 Å². The van der Waals surface area contributed by atoms with Crippen LogP contribution in [-0.4, -0.2) is 40.6 Å². The minimum absolute atomic E-state index is 0.0383. The number of thioether (sulfide) groups is 1. The first kappa shape index (κ1) is 14.2. The van der Waals surface area contributed by atoms with Crippen LogP contribution in [0.25, 0.3) is 0 Å². The Morgan fingerprint density at radius 1 is 1.50 bits per heavy atom. The third kappa shape index (κ3) is 2.42. The number of hydrogen-bond donors (Lipinski definition) is 1. The average molecular weight is 270 g/mol. The fourth-order valence-corrected chi connectivity index (χ4v) is 4.00. The highest BCUT2D eigenvalue weighted by atomic mass is 32.2. The minimum atomic E-state index is 0.0383. The van der Waals surface area contributed by atoms with Gasteiger partial charge in [-0.2, -0.15) is 11.8 Å². The molecule has 1 heterocycles. The molecule has 1 saturated heterocycles. The number of rotatable bonds is 5. The largest absolute Gasteiger partial charge is 0.324 e. The van der Waals surface area contributed by atoms with Crippen molar-refractivity contribution >= 4 is 17.7 Å². The van der Waals surface area contributed by atoms with Crippen molar-refractivity contribution in [2.75, 3.05) is 12.8 Å². The van der Waals surface area contributed by atoms with Crippen molar-refractivity contribution < 1.29 is 4.79 Å². The van der Waals surface area contributed by atoms with Crippen LogP contribution in [0.2, 0.25) is 0 Å². The molecule has 4 heteroatoms. The lowest BCUT2D eigenvalue weighted by molar-refractivity contribution is -0.131. The number of amides is 1. The maximum absolute atomic E-state index is 12.4. The molecule has 0 aromatic heterocycles. The van der Waals surface area contributed by atoms with Gasteiger partial charge < -0.3 is 4.90 Å². The second kappa shape index (κ2) is 5.41. The fraction of sp³-hybridized carbons (Fsp3) is 0.929. The van der Waals surface area contributed by atoms with E-state index in [1.165, 1.54) is 19.3 Å². The number of carbonyl (C=O) groups excluding carboxylic acids is 1. The Labute approximate surface area is 115 Å². The summed E-state index contributed by atoms with van der Waals surface area (Å²) in [7, 11) is 0. The molecule has 0 radical (unpaired) electrons. The third-order valence-electron chi connectivity index (χ3n) is 4.48. The van der Waals surface area contributed by atoms with Crippen LogP contribution in [0, 0.1) is 5.92 Å². The molecule has 2 unspecified atom stereocenters. The van der Waals surface area contributed by atoms with Gasteiger partial charge in [0, 0.05) is 11.3 Å². The maximum Gasteiger partial charge on any atom is 0.241 e. The van der Waals surface area contributed by atoms with Gasteiger partial charge in [0.2, 0.25) is 5.91 Å². The zero-order chi connectivity index (χ0) is 13.3. The highest BCUT2D eigenvalue weighted by Gasteiger charge is 2.45. The molecule has 2 aliphatic rings. The van der Waals surface area contributed by atoms with Gasteiger partial charge in [-0.1, -0.05) is 27.2 Å². The van der Waals surface area contributed by atoms with Crippen molar-refractivity contribution in [1.29, 1.82) is 0 Å². The molecule has 1 saturated carbocycles. The van der Waals surface area contributed by atoms with E-state index in [4.69, 9.17) is 0 Å². The van der Waals surface area contributed by atoms with Crippen LogP contribution in [0.4, 0.5) is 0 Å². The summed E-state index contributed by atoms with van der Waals surface area (Å²) in [4.78, 5) is 14.6. The minimum Gasteiger partial charge on any atom is -0.324 e. The quantitative estimate of drug-likeness (QED) is 0.833. The van der Waals surface area contributed by atoms with Crippen LogP contribution in [0.1, 0.15) is 46.5 Å². The molecule has 3 nitrogen and oxygen atoms in total. The average Bonchev–Trinajstić information content (AvgIpc) is 2.61. The summed E-state index contributed by atoms with van der Waals surface area (Å²) in [5.74, 6) is 0.793. The Balaban J connectivity index is 2.10. The van der Waals surface area contributed by atoms with Gasteiger partial charge in [0.15, 0.2) is 0 Å². The van der Waals surface area contributed by atoms with E-state index in [0.29, 0.717) is 16.6 Å². The highest BCUT2D eigenvalue weighted by Crippen LogP contribution is 2.44. The molecular weight excluding hydrogens is 244 g/mol. The first-order valence-electron chi connectivity index (χ1n) is 7.14. The van der Waals surface area contributed by atoms with E-state index >= 15 is 0 Å². The van der Waals surface area contributed by atoms with Crippen molar-refractivity contribution in [1.82, 2.24) is 10.2 Å². The van der Waals surface area contributed by atoms with Crippen molar-refractivity contribution in [2.24, 2.45) is 5.92 Å². The second-order valence-electron chi connectivity index (χ2n) is 6.02.